The number of benzene rings is 2. The number of ether oxygens (including phenoxy) is 2. The molecule has 6 heteroatoms. The Morgan fingerprint density at radius 3 is 2.64 bits per heavy atom. The first kappa shape index (κ1) is 18.1. The third-order valence-electron chi connectivity index (χ3n) is 3.83. The fourth-order valence-electron chi connectivity index (χ4n) is 2.50. The molecule has 1 N–H and O–H groups in total. The average molecular weight is 422 g/mol. The first-order valence-corrected chi connectivity index (χ1v) is 9.97. The van der Waals surface area contributed by atoms with Gasteiger partial charge >= 0.3 is 0 Å². The highest BCUT2D eigenvalue weighted by atomic mass is 79.9. The van der Waals surface area contributed by atoms with Crippen LogP contribution in [0.3, 0.4) is 0 Å². The van der Waals surface area contributed by atoms with Crippen molar-refractivity contribution in [2.45, 2.75) is 24.3 Å². The van der Waals surface area contributed by atoms with Crippen molar-refractivity contribution in [3.8, 4) is 11.5 Å². The van der Waals surface area contributed by atoms with Crippen LogP contribution in [0.1, 0.15) is 24.9 Å². The standard InChI is InChI=1S/C19H20BrNO3S/c1-13(14-3-8-17-18(11-14)24-10-2-9-23-17)21-19(22)12-25-16-6-4-15(20)5-7-16/h3-8,11,13H,2,9-10,12H2,1H3,(H,21,22). The molecule has 1 amide bonds. The Balaban J connectivity index is 1.56. The lowest BCUT2D eigenvalue weighted by Gasteiger charge is -2.16. The van der Waals surface area contributed by atoms with Gasteiger partial charge in [0, 0.05) is 15.8 Å². The Morgan fingerprint density at radius 1 is 1.16 bits per heavy atom. The number of amides is 1. The zero-order chi connectivity index (χ0) is 17.6. The van der Waals surface area contributed by atoms with Gasteiger partial charge in [0.25, 0.3) is 0 Å². The van der Waals surface area contributed by atoms with Gasteiger partial charge in [-0.3, -0.25) is 4.79 Å². The molecule has 0 aliphatic carbocycles. The SMILES string of the molecule is CC(NC(=O)CSc1ccc(Br)cc1)c1ccc2c(c1)OCCCO2. The minimum absolute atomic E-state index is 0.00697. The summed E-state index contributed by atoms with van der Waals surface area (Å²) >= 11 is 4.93. The average Bonchev–Trinajstić information content (AvgIpc) is 2.86. The van der Waals surface area contributed by atoms with Gasteiger partial charge in [0.15, 0.2) is 11.5 Å². The predicted molar refractivity (Wildman–Crippen MR) is 103 cm³/mol. The van der Waals surface area contributed by atoms with Crippen LogP contribution in [0.25, 0.3) is 0 Å². The van der Waals surface area contributed by atoms with Crippen LogP contribution in [0.5, 0.6) is 11.5 Å². The molecule has 0 bridgehead atoms. The minimum atomic E-state index is -0.0878. The topological polar surface area (TPSA) is 47.6 Å². The van der Waals surface area contributed by atoms with Gasteiger partial charge in [-0.15, -0.1) is 11.8 Å². The van der Waals surface area contributed by atoms with E-state index in [9.17, 15) is 4.79 Å². The molecule has 1 aliphatic heterocycles. The summed E-state index contributed by atoms with van der Waals surface area (Å²) in [6, 6.07) is 13.7. The number of carbonyl (C=O) groups excluding carboxylic acids is 1. The summed E-state index contributed by atoms with van der Waals surface area (Å²) in [6.45, 7) is 3.30. The van der Waals surface area contributed by atoms with Crippen molar-refractivity contribution < 1.29 is 14.3 Å². The van der Waals surface area contributed by atoms with Crippen molar-refractivity contribution >= 4 is 33.6 Å². The summed E-state index contributed by atoms with van der Waals surface area (Å²) in [7, 11) is 0. The molecule has 1 unspecified atom stereocenters. The molecule has 0 radical (unpaired) electrons. The summed E-state index contributed by atoms with van der Waals surface area (Å²) in [6.07, 6.45) is 0.879. The lowest BCUT2D eigenvalue weighted by Crippen LogP contribution is -2.28. The molecule has 0 aromatic heterocycles. The van der Waals surface area contributed by atoms with Gasteiger partial charge in [0.2, 0.25) is 5.91 Å². The molecular weight excluding hydrogens is 402 g/mol. The molecule has 0 saturated carbocycles. The second-order valence-electron chi connectivity index (χ2n) is 5.79. The maximum Gasteiger partial charge on any atom is 0.230 e. The van der Waals surface area contributed by atoms with Crippen LogP contribution in [-0.2, 0) is 4.79 Å². The van der Waals surface area contributed by atoms with E-state index in [1.165, 1.54) is 11.8 Å². The summed E-state index contributed by atoms with van der Waals surface area (Å²) in [5.74, 6) is 1.91. The number of halogens is 1. The van der Waals surface area contributed by atoms with E-state index in [4.69, 9.17) is 9.47 Å². The van der Waals surface area contributed by atoms with Crippen LogP contribution in [0.2, 0.25) is 0 Å². The molecule has 132 valence electrons. The summed E-state index contributed by atoms with van der Waals surface area (Å²) in [5, 5.41) is 3.03. The third-order valence-corrected chi connectivity index (χ3v) is 5.37. The van der Waals surface area contributed by atoms with Crippen molar-refractivity contribution in [1.82, 2.24) is 5.32 Å². The largest absolute Gasteiger partial charge is 0.490 e. The van der Waals surface area contributed by atoms with Gasteiger partial charge in [0.1, 0.15) is 0 Å². The monoisotopic (exact) mass is 421 g/mol. The second kappa shape index (κ2) is 8.63. The normalized spacial score (nSPS) is 14.5. The van der Waals surface area contributed by atoms with Gasteiger partial charge in [-0.1, -0.05) is 22.0 Å². The highest BCUT2D eigenvalue weighted by Crippen LogP contribution is 2.32. The molecule has 4 nitrogen and oxygen atoms in total. The van der Waals surface area contributed by atoms with Crippen LogP contribution in [0, 0.1) is 0 Å². The van der Waals surface area contributed by atoms with Crippen LogP contribution in [0.4, 0.5) is 0 Å². The van der Waals surface area contributed by atoms with Crippen molar-refractivity contribution in [3.05, 3.63) is 52.5 Å². The predicted octanol–water partition coefficient (Wildman–Crippen LogP) is 4.58. The molecule has 25 heavy (non-hydrogen) atoms. The zero-order valence-corrected chi connectivity index (χ0v) is 16.4. The first-order chi connectivity index (χ1) is 12.1. The molecule has 1 aliphatic rings. The Bertz CT molecular complexity index is 736. The van der Waals surface area contributed by atoms with Gasteiger partial charge in [-0.05, 0) is 48.9 Å². The van der Waals surface area contributed by atoms with Crippen molar-refractivity contribution in [3.63, 3.8) is 0 Å². The van der Waals surface area contributed by atoms with Crippen LogP contribution in [-0.4, -0.2) is 24.9 Å². The van der Waals surface area contributed by atoms with Gasteiger partial charge in [0.05, 0.1) is 25.0 Å². The molecule has 3 rings (SSSR count). The smallest absolute Gasteiger partial charge is 0.230 e. The van der Waals surface area contributed by atoms with E-state index in [2.05, 4.69) is 21.2 Å². The zero-order valence-electron chi connectivity index (χ0n) is 14.0. The van der Waals surface area contributed by atoms with Crippen LogP contribution in [0.15, 0.2) is 51.8 Å². The molecule has 0 fully saturated rings. The van der Waals surface area contributed by atoms with E-state index in [0.29, 0.717) is 19.0 Å². The number of hydrogen-bond acceptors (Lipinski definition) is 4. The van der Waals surface area contributed by atoms with E-state index in [1.807, 2.05) is 49.4 Å². The van der Waals surface area contributed by atoms with Crippen LogP contribution < -0.4 is 14.8 Å². The van der Waals surface area contributed by atoms with E-state index in [-0.39, 0.29) is 11.9 Å². The highest BCUT2D eigenvalue weighted by Gasteiger charge is 2.15. The number of carbonyl (C=O) groups is 1. The fraction of sp³-hybridized carbons (Fsp3) is 0.316. The van der Waals surface area contributed by atoms with Crippen LogP contribution >= 0.6 is 27.7 Å². The van der Waals surface area contributed by atoms with Gasteiger partial charge in [-0.25, -0.2) is 0 Å². The third kappa shape index (κ3) is 5.16. The lowest BCUT2D eigenvalue weighted by molar-refractivity contribution is -0.119. The minimum Gasteiger partial charge on any atom is -0.490 e. The molecule has 2 aromatic rings. The van der Waals surface area contributed by atoms with Crippen molar-refractivity contribution in [2.24, 2.45) is 0 Å². The molecule has 0 spiro atoms. The summed E-state index contributed by atoms with van der Waals surface area (Å²) in [5.41, 5.74) is 1.01. The first-order valence-electron chi connectivity index (χ1n) is 8.19. The summed E-state index contributed by atoms with van der Waals surface area (Å²) < 4.78 is 12.4. The molecule has 1 atom stereocenters. The Morgan fingerprint density at radius 2 is 1.88 bits per heavy atom. The van der Waals surface area contributed by atoms with E-state index in [1.54, 1.807) is 0 Å². The molecular formula is C19H20BrNO3S. The maximum absolute atomic E-state index is 12.2. The van der Waals surface area contributed by atoms with Crippen molar-refractivity contribution in [1.29, 1.82) is 0 Å². The Hall–Kier alpha value is -1.66. The number of fused-ring (bicyclic) bond motifs is 1. The molecule has 1 heterocycles. The van der Waals surface area contributed by atoms with Crippen molar-refractivity contribution in [2.75, 3.05) is 19.0 Å². The molecule has 0 saturated heterocycles. The van der Waals surface area contributed by atoms with E-state index < -0.39 is 0 Å². The van der Waals surface area contributed by atoms with E-state index >= 15 is 0 Å². The number of hydrogen-bond donors (Lipinski definition) is 1. The second-order valence-corrected chi connectivity index (χ2v) is 7.75. The maximum atomic E-state index is 12.2. The Labute approximate surface area is 160 Å². The van der Waals surface area contributed by atoms with Gasteiger partial charge in [-0.2, -0.15) is 0 Å². The number of rotatable bonds is 5. The fourth-order valence-corrected chi connectivity index (χ4v) is 3.47. The quantitative estimate of drug-likeness (QED) is 0.717. The lowest BCUT2D eigenvalue weighted by atomic mass is 10.1. The van der Waals surface area contributed by atoms with E-state index in [0.717, 1.165) is 32.9 Å². The highest BCUT2D eigenvalue weighted by molar-refractivity contribution is 9.10. The number of nitrogens with one attached hydrogen (secondary N) is 1. The Kier molecular flexibility index (Phi) is 6.26. The number of thioether (sulfide) groups is 1. The summed E-state index contributed by atoms with van der Waals surface area (Å²) in [4.78, 5) is 13.3. The molecule has 2 aromatic carbocycles. The van der Waals surface area contributed by atoms with Gasteiger partial charge < -0.3 is 14.8 Å².